The second-order valence-corrected chi connectivity index (χ2v) is 19.3. The number of amides is 1. The number of hydrogen-bond donors (Lipinski definition) is 6. The second kappa shape index (κ2) is 47.8. The first-order chi connectivity index (χ1) is 34.7. The summed E-state index contributed by atoms with van der Waals surface area (Å²) in [5.74, 6) is -1.27. The number of nitrogens with one attached hydrogen (secondary N) is 1. The molecular formula is C60H103NO10. The summed E-state index contributed by atoms with van der Waals surface area (Å²) >= 11 is 0. The van der Waals surface area contributed by atoms with Crippen molar-refractivity contribution in [3.05, 3.63) is 85.1 Å². The van der Waals surface area contributed by atoms with Crippen LogP contribution in [0.15, 0.2) is 85.1 Å². The highest BCUT2D eigenvalue weighted by atomic mass is 16.7. The third-order valence-electron chi connectivity index (χ3n) is 12.8. The average molecular weight is 998 g/mol. The number of ether oxygens (including phenoxy) is 3. The molecule has 0 aliphatic carbocycles. The van der Waals surface area contributed by atoms with E-state index >= 15 is 0 Å². The summed E-state index contributed by atoms with van der Waals surface area (Å²) in [4.78, 5) is 26.4. The number of allylic oxidation sites excluding steroid dienone is 13. The zero-order valence-electron chi connectivity index (χ0n) is 44.8. The van der Waals surface area contributed by atoms with Crippen molar-refractivity contribution in [1.29, 1.82) is 0 Å². The molecule has 11 heteroatoms. The minimum Gasteiger partial charge on any atom is -0.454 e. The van der Waals surface area contributed by atoms with Crippen LogP contribution < -0.4 is 5.32 Å². The van der Waals surface area contributed by atoms with Crippen molar-refractivity contribution in [1.82, 2.24) is 5.32 Å². The van der Waals surface area contributed by atoms with Crippen LogP contribution in [0, 0.1) is 0 Å². The van der Waals surface area contributed by atoms with Crippen molar-refractivity contribution in [3.63, 3.8) is 0 Å². The molecule has 0 aromatic carbocycles. The monoisotopic (exact) mass is 998 g/mol. The van der Waals surface area contributed by atoms with E-state index in [1.165, 1.54) is 70.6 Å². The molecule has 0 spiro atoms. The molecule has 0 aromatic heterocycles. The van der Waals surface area contributed by atoms with Gasteiger partial charge in [-0.1, -0.05) is 209 Å². The molecule has 1 rings (SSSR count). The highest BCUT2D eigenvalue weighted by Gasteiger charge is 2.47. The molecule has 8 atom stereocenters. The lowest BCUT2D eigenvalue weighted by molar-refractivity contribution is -0.305. The van der Waals surface area contributed by atoms with Gasteiger partial charge in [0.1, 0.15) is 24.4 Å². The molecule has 408 valence electrons. The Morgan fingerprint density at radius 3 is 1.55 bits per heavy atom. The van der Waals surface area contributed by atoms with E-state index in [1.54, 1.807) is 6.08 Å². The van der Waals surface area contributed by atoms with Gasteiger partial charge in [-0.2, -0.15) is 0 Å². The van der Waals surface area contributed by atoms with E-state index in [0.29, 0.717) is 12.8 Å². The number of esters is 1. The van der Waals surface area contributed by atoms with Gasteiger partial charge in [0.2, 0.25) is 5.91 Å². The van der Waals surface area contributed by atoms with Crippen LogP contribution in [0.25, 0.3) is 0 Å². The summed E-state index contributed by atoms with van der Waals surface area (Å²) in [6.07, 6.45) is 50.6. The summed E-state index contributed by atoms with van der Waals surface area (Å²) < 4.78 is 17.5. The number of unbranched alkanes of at least 4 members (excludes halogenated alkanes) is 20. The Bertz CT molecular complexity index is 1470. The second-order valence-electron chi connectivity index (χ2n) is 19.3. The van der Waals surface area contributed by atoms with Crippen LogP contribution in [0.5, 0.6) is 0 Å². The molecule has 0 saturated carbocycles. The first kappa shape index (κ1) is 65.9. The Hall–Kier alpha value is -3.16. The molecule has 0 aromatic rings. The van der Waals surface area contributed by atoms with Gasteiger partial charge in [0, 0.05) is 6.42 Å². The Kier molecular flexibility index (Phi) is 44.4. The molecule has 71 heavy (non-hydrogen) atoms. The average Bonchev–Trinajstić information content (AvgIpc) is 3.37. The van der Waals surface area contributed by atoms with Crippen molar-refractivity contribution in [2.24, 2.45) is 0 Å². The quantitative estimate of drug-likeness (QED) is 0.0196. The van der Waals surface area contributed by atoms with Gasteiger partial charge in [-0.25, -0.2) is 0 Å². The number of hydrogen-bond acceptors (Lipinski definition) is 10. The van der Waals surface area contributed by atoms with Crippen LogP contribution >= 0.6 is 0 Å². The van der Waals surface area contributed by atoms with E-state index in [-0.39, 0.29) is 19.4 Å². The van der Waals surface area contributed by atoms with Crippen molar-refractivity contribution < 1.29 is 49.3 Å². The maximum Gasteiger partial charge on any atom is 0.306 e. The van der Waals surface area contributed by atoms with Gasteiger partial charge < -0.3 is 45.1 Å². The van der Waals surface area contributed by atoms with Gasteiger partial charge in [0.05, 0.1) is 25.4 Å². The molecule has 0 radical (unpaired) electrons. The molecule has 1 heterocycles. The Labute approximate surface area is 432 Å². The lowest BCUT2D eigenvalue weighted by atomic mass is 9.99. The summed E-state index contributed by atoms with van der Waals surface area (Å²) in [5.41, 5.74) is 0. The zero-order valence-corrected chi connectivity index (χ0v) is 44.8. The molecule has 1 amide bonds. The zero-order chi connectivity index (χ0) is 51.8. The molecule has 11 nitrogen and oxygen atoms in total. The van der Waals surface area contributed by atoms with E-state index < -0.39 is 67.4 Å². The standard InChI is InChI=1S/C60H103NO10/c1-4-7-10-13-16-19-22-25-27-28-29-32-35-38-41-44-47-53(64)59(68)61-51(52(63)46-43-40-37-34-31-24-21-18-15-12-9-6-3)50-69-60-58(57(67)56(66)54(49-62)70-60)71-55(65)48-45-42-39-36-33-30-26-23-20-17-14-11-8-5-2/h8,11,16-17,19-20,25,27,29,32,38,41,43,46,51-54,56-58,60,62-64,66-67H,4-7,9-10,12-15,18,21-24,26,28,30-31,33-37,39-40,42,44-45,47-50H2,1-3H3,(H,61,68)/b11-8+,19-16-,20-17+,27-25-,32-29-,41-38-,46-43+. The van der Waals surface area contributed by atoms with E-state index in [0.717, 1.165) is 103 Å². The highest BCUT2D eigenvalue weighted by molar-refractivity contribution is 5.80. The first-order valence-electron chi connectivity index (χ1n) is 28.4. The van der Waals surface area contributed by atoms with Crippen LogP contribution in [0.1, 0.15) is 220 Å². The SMILES string of the molecule is CC/C=C/C/C=C/CCCCCCCCCC(=O)OC1C(OCC(NC(=O)C(O)CC/C=C\C/C=C\C/C=C\C/C=C\CCCCC)C(O)/C=C/CCCCCCCCCCCC)OC(CO)C(O)C1O. The molecule has 0 bridgehead atoms. The van der Waals surface area contributed by atoms with Gasteiger partial charge >= 0.3 is 5.97 Å². The van der Waals surface area contributed by atoms with Gasteiger partial charge in [-0.15, -0.1) is 0 Å². The number of aliphatic hydroxyl groups excluding tert-OH is 5. The maximum absolute atomic E-state index is 13.3. The predicted molar refractivity (Wildman–Crippen MR) is 292 cm³/mol. The lowest BCUT2D eigenvalue weighted by Gasteiger charge is -2.41. The largest absolute Gasteiger partial charge is 0.454 e. The fourth-order valence-corrected chi connectivity index (χ4v) is 8.27. The maximum atomic E-state index is 13.3. The molecule has 1 saturated heterocycles. The van der Waals surface area contributed by atoms with Crippen LogP contribution in [-0.2, 0) is 23.8 Å². The molecule has 1 aliphatic rings. The smallest absolute Gasteiger partial charge is 0.306 e. The fourth-order valence-electron chi connectivity index (χ4n) is 8.27. The lowest BCUT2D eigenvalue weighted by Crippen LogP contribution is -2.61. The third-order valence-corrected chi connectivity index (χ3v) is 12.8. The van der Waals surface area contributed by atoms with Gasteiger partial charge in [-0.05, 0) is 89.9 Å². The number of carbonyl (C=O) groups is 2. The molecule has 6 N–H and O–H groups in total. The van der Waals surface area contributed by atoms with E-state index in [9.17, 15) is 35.1 Å². The summed E-state index contributed by atoms with van der Waals surface area (Å²) in [6, 6.07) is -1.06. The minimum absolute atomic E-state index is 0.104. The molecule has 1 aliphatic heterocycles. The highest BCUT2D eigenvalue weighted by Crippen LogP contribution is 2.26. The van der Waals surface area contributed by atoms with E-state index in [2.05, 4.69) is 86.8 Å². The van der Waals surface area contributed by atoms with Crippen LogP contribution in [0.4, 0.5) is 0 Å². The number of carbonyl (C=O) groups excluding carboxylic acids is 2. The van der Waals surface area contributed by atoms with E-state index in [4.69, 9.17) is 14.2 Å². The molecule has 8 unspecified atom stereocenters. The topological polar surface area (TPSA) is 175 Å². The Balaban J connectivity index is 2.79. The van der Waals surface area contributed by atoms with Crippen molar-refractivity contribution >= 4 is 11.9 Å². The Morgan fingerprint density at radius 2 is 1.01 bits per heavy atom. The summed E-state index contributed by atoms with van der Waals surface area (Å²) in [7, 11) is 0. The van der Waals surface area contributed by atoms with Crippen molar-refractivity contribution in [2.45, 2.75) is 269 Å². The van der Waals surface area contributed by atoms with Crippen molar-refractivity contribution in [3.8, 4) is 0 Å². The molecule has 1 fully saturated rings. The van der Waals surface area contributed by atoms with Crippen LogP contribution in [-0.4, -0.2) is 99.6 Å². The van der Waals surface area contributed by atoms with E-state index in [1.807, 2.05) is 18.2 Å². The summed E-state index contributed by atoms with van der Waals surface area (Å²) in [5, 5.41) is 56.7. The van der Waals surface area contributed by atoms with Gasteiger partial charge in [0.25, 0.3) is 0 Å². The van der Waals surface area contributed by atoms with Crippen molar-refractivity contribution in [2.75, 3.05) is 13.2 Å². The number of rotatable bonds is 46. The Morgan fingerprint density at radius 1 is 0.563 bits per heavy atom. The third kappa shape index (κ3) is 36.4. The van der Waals surface area contributed by atoms with Gasteiger partial charge in [0.15, 0.2) is 12.4 Å². The van der Waals surface area contributed by atoms with Gasteiger partial charge in [-0.3, -0.25) is 9.59 Å². The minimum atomic E-state index is -1.63. The fraction of sp³-hybridized carbons (Fsp3) is 0.733. The first-order valence-corrected chi connectivity index (χ1v) is 28.4. The summed E-state index contributed by atoms with van der Waals surface area (Å²) in [6.45, 7) is 5.59. The normalized spacial score (nSPS) is 20.3. The number of aliphatic hydroxyl groups is 5. The van der Waals surface area contributed by atoms with Crippen LogP contribution in [0.3, 0.4) is 0 Å². The molecular weight excluding hydrogens is 895 g/mol. The predicted octanol–water partition coefficient (Wildman–Crippen LogP) is 12.6. The van der Waals surface area contributed by atoms with Crippen LogP contribution in [0.2, 0.25) is 0 Å².